The Labute approximate surface area is 87.3 Å². The van der Waals surface area contributed by atoms with Crippen LogP contribution in [0.1, 0.15) is 48.0 Å². The Bertz CT molecular complexity index is 213. The van der Waals surface area contributed by atoms with Gasteiger partial charge in [-0.25, -0.2) is 0 Å². The first-order chi connectivity index (χ1) is 6.13. The van der Waals surface area contributed by atoms with Crippen molar-refractivity contribution in [2.24, 2.45) is 10.8 Å². The second-order valence-corrected chi connectivity index (χ2v) is 5.79. The van der Waals surface area contributed by atoms with Gasteiger partial charge in [0.15, 0.2) is 0 Å². The fraction of sp³-hybridized carbons (Fsp3) is 0.750. The van der Waals surface area contributed by atoms with Crippen LogP contribution in [0, 0.1) is 10.8 Å². The zero-order valence-electron chi connectivity index (χ0n) is 10.2. The van der Waals surface area contributed by atoms with Crippen molar-refractivity contribution in [3.8, 4) is 0 Å². The van der Waals surface area contributed by atoms with Crippen molar-refractivity contribution in [3.05, 3.63) is 12.3 Å². The quantitative estimate of drug-likeness (QED) is 0.501. The smallest absolute Gasteiger partial charge is 0.316 e. The van der Waals surface area contributed by atoms with Crippen LogP contribution in [0.15, 0.2) is 12.3 Å². The first kappa shape index (κ1) is 13.2. The van der Waals surface area contributed by atoms with Gasteiger partial charge in [-0.15, -0.1) is 0 Å². The average Bonchev–Trinajstić information content (AvgIpc) is 1.93. The molecule has 0 radical (unpaired) electrons. The van der Waals surface area contributed by atoms with Crippen LogP contribution >= 0.6 is 0 Å². The summed E-state index contributed by atoms with van der Waals surface area (Å²) < 4.78 is 4.98. The molecule has 0 unspecified atom stereocenters. The summed E-state index contributed by atoms with van der Waals surface area (Å²) in [7, 11) is 0. The molecule has 0 aliphatic rings. The minimum absolute atomic E-state index is 0.192. The summed E-state index contributed by atoms with van der Waals surface area (Å²) >= 11 is 0. The topological polar surface area (TPSA) is 26.3 Å². The van der Waals surface area contributed by atoms with E-state index in [0.29, 0.717) is 0 Å². The lowest BCUT2D eigenvalue weighted by atomic mass is 9.92. The van der Waals surface area contributed by atoms with Crippen molar-refractivity contribution in [2.75, 3.05) is 0 Å². The number of carbonyl (C=O) groups is 1. The van der Waals surface area contributed by atoms with Crippen LogP contribution in [0.3, 0.4) is 0 Å². The lowest BCUT2D eigenvalue weighted by Gasteiger charge is -2.16. The summed E-state index contributed by atoms with van der Waals surface area (Å²) in [6.07, 6.45) is 4.30. The van der Waals surface area contributed by atoms with E-state index in [1.54, 1.807) is 0 Å². The van der Waals surface area contributed by atoms with Crippen LogP contribution in [0.4, 0.5) is 0 Å². The molecule has 0 aromatic rings. The van der Waals surface area contributed by atoms with E-state index in [1.807, 2.05) is 26.8 Å². The predicted octanol–water partition coefficient (Wildman–Crippen LogP) is 3.53. The molecule has 2 heteroatoms. The lowest BCUT2D eigenvalue weighted by Crippen LogP contribution is -2.20. The molecule has 0 heterocycles. The minimum Gasteiger partial charge on any atom is -0.434 e. The van der Waals surface area contributed by atoms with Crippen molar-refractivity contribution in [2.45, 2.75) is 48.0 Å². The third-order valence-corrected chi connectivity index (χ3v) is 1.61. The number of ether oxygens (including phenoxy) is 1. The molecular formula is C12H22O2. The maximum Gasteiger partial charge on any atom is 0.316 e. The van der Waals surface area contributed by atoms with Gasteiger partial charge in [-0.05, 0) is 38.7 Å². The van der Waals surface area contributed by atoms with Gasteiger partial charge in [0.05, 0.1) is 11.7 Å². The van der Waals surface area contributed by atoms with E-state index < -0.39 is 5.41 Å². The van der Waals surface area contributed by atoms with Gasteiger partial charge >= 0.3 is 5.97 Å². The SMILES string of the molecule is CC(C)(C)C/C=C\OC(=O)C(C)(C)C. The number of rotatable bonds is 2. The Hall–Kier alpha value is -0.790. The molecule has 0 aliphatic carbocycles. The van der Waals surface area contributed by atoms with E-state index in [0.717, 1.165) is 6.42 Å². The molecule has 0 aliphatic heterocycles. The maximum atomic E-state index is 11.3. The standard InChI is InChI=1S/C12H22O2/c1-11(2,3)8-7-9-14-10(13)12(4,5)6/h7,9H,8H2,1-6H3/b9-7-. The Kier molecular flexibility index (Phi) is 4.37. The van der Waals surface area contributed by atoms with Crippen molar-refractivity contribution >= 4 is 5.97 Å². The van der Waals surface area contributed by atoms with Crippen molar-refractivity contribution < 1.29 is 9.53 Å². The monoisotopic (exact) mass is 198 g/mol. The second-order valence-electron chi connectivity index (χ2n) is 5.79. The van der Waals surface area contributed by atoms with Gasteiger partial charge in [-0.2, -0.15) is 0 Å². The zero-order chi connectivity index (χ0) is 11.4. The molecule has 2 nitrogen and oxygen atoms in total. The van der Waals surface area contributed by atoms with Crippen LogP contribution in [0.2, 0.25) is 0 Å². The summed E-state index contributed by atoms with van der Waals surface area (Å²) in [5.74, 6) is -0.192. The molecule has 0 aromatic carbocycles. The Balaban J connectivity index is 3.91. The fourth-order valence-corrected chi connectivity index (χ4v) is 0.688. The van der Waals surface area contributed by atoms with Gasteiger partial charge in [0.1, 0.15) is 0 Å². The van der Waals surface area contributed by atoms with E-state index in [2.05, 4.69) is 20.8 Å². The molecular weight excluding hydrogens is 176 g/mol. The molecule has 82 valence electrons. The first-order valence-electron chi connectivity index (χ1n) is 4.99. The van der Waals surface area contributed by atoms with E-state index >= 15 is 0 Å². The molecule has 0 amide bonds. The highest BCUT2D eigenvalue weighted by Gasteiger charge is 2.22. The Morgan fingerprint density at radius 3 is 2.00 bits per heavy atom. The van der Waals surface area contributed by atoms with Gasteiger partial charge in [0.2, 0.25) is 0 Å². The van der Waals surface area contributed by atoms with E-state index in [1.165, 1.54) is 6.26 Å². The Morgan fingerprint density at radius 2 is 1.64 bits per heavy atom. The van der Waals surface area contributed by atoms with E-state index in [9.17, 15) is 4.79 Å². The summed E-state index contributed by atoms with van der Waals surface area (Å²) in [6, 6.07) is 0. The normalized spacial score (nSPS) is 13.3. The van der Waals surface area contributed by atoms with E-state index in [-0.39, 0.29) is 11.4 Å². The molecule has 0 bridgehead atoms. The largest absolute Gasteiger partial charge is 0.434 e. The highest BCUT2D eigenvalue weighted by molar-refractivity contribution is 5.75. The number of allylic oxidation sites excluding steroid dienone is 1. The van der Waals surface area contributed by atoms with Gasteiger partial charge in [0.25, 0.3) is 0 Å². The van der Waals surface area contributed by atoms with Gasteiger partial charge in [0, 0.05) is 0 Å². The number of carbonyl (C=O) groups excluding carboxylic acids is 1. The van der Waals surface area contributed by atoms with Crippen LogP contribution < -0.4 is 0 Å². The lowest BCUT2D eigenvalue weighted by molar-refractivity contribution is -0.146. The van der Waals surface area contributed by atoms with Crippen molar-refractivity contribution in [1.29, 1.82) is 0 Å². The van der Waals surface area contributed by atoms with Crippen molar-refractivity contribution in [3.63, 3.8) is 0 Å². The van der Waals surface area contributed by atoms with Crippen LogP contribution in [0.25, 0.3) is 0 Å². The molecule has 0 spiro atoms. The summed E-state index contributed by atoms with van der Waals surface area (Å²) in [5, 5.41) is 0. The molecule has 0 atom stereocenters. The second kappa shape index (κ2) is 4.63. The molecule has 0 saturated heterocycles. The third-order valence-electron chi connectivity index (χ3n) is 1.61. The molecule has 0 rings (SSSR count). The molecule has 0 N–H and O–H groups in total. The average molecular weight is 198 g/mol. The maximum absolute atomic E-state index is 11.3. The zero-order valence-corrected chi connectivity index (χ0v) is 10.2. The van der Waals surface area contributed by atoms with Gasteiger partial charge in [-0.1, -0.05) is 20.8 Å². The van der Waals surface area contributed by atoms with E-state index in [4.69, 9.17) is 4.74 Å². The van der Waals surface area contributed by atoms with Crippen LogP contribution in [0.5, 0.6) is 0 Å². The summed E-state index contributed by atoms with van der Waals surface area (Å²) in [5.41, 5.74) is -0.184. The molecule has 0 aromatic heterocycles. The first-order valence-corrected chi connectivity index (χ1v) is 4.99. The van der Waals surface area contributed by atoms with Gasteiger partial charge in [-0.3, -0.25) is 4.79 Å². The Morgan fingerprint density at radius 1 is 1.14 bits per heavy atom. The van der Waals surface area contributed by atoms with Crippen molar-refractivity contribution in [1.82, 2.24) is 0 Å². The predicted molar refractivity (Wildman–Crippen MR) is 58.8 cm³/mol. The number of hydrogen-bond donors (Lipinski definition) is 0. The summed E-state index contributed by atoms with van der Waals surface area (Å²) in [4.78, 5) is 11.3. The molecule has 0 fully saturated rings. The fourth-order valence-electron chi connectivity index (χ4n) is 0.688. The van der Waals surface area contributed by atoms with Crippen LogP contribution in [-0.2, 0) is 9.53 Å². The third kappa shape index (κ3) is 6.70. The van der Waals surface area contributed by atoms with Gasteiger partial charge < -0.3 is 4.74 Å². The minimum atomic E-state index is -0.425. The molecule has 0 saturated carbocycles. The highest BCUT2D eigenvalue weighted by Crippen LogP contribution is 2.19. The number of esters is 1. The number of hydrogen-bond acceptors (Lipinski definition) is 2. The molecule has 14 heavy (non-hydrogen) atoms. The highest BCUT2D eigenvalue weighted by atomic mass is 16.5. The van der Waals surface area contributed by atoms with Crippen LogP contribution in [-0.4, -0.2) is 5.97 Å². The summed E-state index contributed by atoms with van der Waals surface area (Å²) in [6.45, 7) is 11.9.